The Morgan fingerprint density at radius 2 is 1.65 bits per heavy atom. The zero-order valence-corrected chi connectivity index (χ0v) is 20.2. The molecule has 0 radical (unpaired) electrons. The molecule has 0 aliphatic rings. The van der Waals surface area contributed by atoms with E-state index in [-0.39, 0.29) is 30.4 Å². The van der Waals surface area contributed by atoms with Gasteiger partial charge in [0.15, 0.2) is 5.69 Å². The Morgan fingerprint density at radius 1 is 1.00 bits per heavy atom. The Morgan fingerprint density at radius 3 is 2.26 bits per heavy atom. The van der Waals surface area contributed by atoms with Gasteiger partial charge in [0.25, 0.3) is 5.56 Å². The number of nitrogens with zero attached hydrogens (tertiary/aromatic N) is 2. The number of aromatic amines is 1. The van der Waals surface area contributed by atoms with E-state index in [4.69, 9.17) is 5.73 Å². The van der Waals surface area contributed by atoms with Crippen LogP contribution in [-0.2, 0) is 24.2 Å². The summed E-state index contributed by atoms with van der Waals surface area (Å²) < 4.78 is 1.31. The molecule has 180 valence electrons. The summed E-state index contributed by atoms with van der Waals surface area (Å²) in [5.74, 6) is 0.136. The fraction of sp³-hybridized carbons (Fsp3) is 0.370. The van der Waals surface area contributed by atoms with E-state index in [0.29, 0.717) is 25.3 Å². The van der Waals surface area contributed by atoms with Crippen molar-refractivity contribution < 1.29 is 4.79 Å². The molecule has 34 heavy (non-hydrogen) atoms. The van der Waals surface area contributed by atoms with Crippen molar-refractivity contribution >= 4 is 17.4 Å². The Kier molecular flexibility index (Phi) is 8.46. The zero-order valence-electron chi connectivity index (χ0n) is 20.2. The van der Waals surface area contributed by atoms with Gasteiger partial charge in [-0.2, -0.15) is 0 Å². The predicted octanol–water partition coefficient (Wildman–Crippen LogP) is 3.74. The normalized spacial score (nSPS) is 11.1. The number of amides is 1. The van der Waals surface area contributed by atoms with E-state index in [1.807, 2.05) is 42.5 Å². The van der Waals surface area contributed by atoms with E-state index in [0.717, 1.165) is 17.5 Å². The summed E-state index contributed by atoms with van der Waals surface area (Å²) in [7, 11) is 0. The van der Waals surface area contributed by atoms with Gasteiger partial charge in [0.2, 0.25) is 5.91 Å². The van der Waals surface area contributed by atoms with Crippen molar-refractivity contribution in [2.24, 2.45) is 5.92 Å². The first-order valence-electron chi connectivity index (χ1n) is 11.8. The third-order valence-electron chi connectivity index (χ3n) is 5.96. The highest BCUT2D eigenvalue weighted by molar-refractivity contribution is 5.95. The molecule has 0 unspecified atom stereocenters. The highest BCUT2D eigenvalue weighted by Gasteiger charge is 2.24. The summed E-state index contributed by atoms with van der Waals surface area (Å²) in [6, 6.07) is 17.6. The second kappa shape index (κ2) is 11.5. The number of anilines is 2. The second-order valence-electron chi connectivity index (χ2n) is 8.96. The number of hydrogen-bond acceptors (Lipinski definition) is 4. The lowest BCUT2D eigenvalue weighted by atomic mass is 10.1. The summed E-state index contributed by atoms with van der Waals surface area (Å²) in [4.78, 5) is 42.6. The van der Waals surface area contributed by atoms with Gasteiger partial charge in [-0.25, -0.2) is 4.79 Å². The number of hydrogen-bond donors (Lipinski definition) is 2. The first-order valence-corrected chi connectivity index (χ1v) is 11.8. The zero-order chi connectivity index (χ0) is 24.7. The van der Waals surface area contributed by atoms with E-state index >= 15 is 0 Å². The molecule has 0 atom stereocenters. The lowest BCUT2D eigenvalue weighted by molar-refractivity contribution is -0.118. The molecule has 3 aromatic rings. The van der Waals surface area contributed by atoms with Crippen LogP contribution in [0.25, 0.3) is 0 Å². The van der Waals surface area contributed by atoms with Crippen LogP contribution in [0.4, 0.5) is 11.5 Å². The van der Waals surface area contributed by atoms with Crippen LogP contribution in [0.3, 0.4) is 0 Å². The number of carbonyl (C=O) groups is 1. The Balaban J connectivity index is 1.92. The van der Waals surface area contributed by atoms with Gasteiger partial charge in [-0.3, -0.25) is 19.1 Å². The Labute approximate surface area is 200 Å². The average molecular weight is 463 g/mol. The highest BCUT2D eigenvalue weighted by Crippen LogP contribution is 2.21. The summed E-state index contributed by atoms with van der Waals surface area (Å²) in [6.07, 6.45) is 2.46. The van der Waals surface area contributed by atoms with Crippen LogP contribution in [-0.4, -0.2) is 22.0 Å². The molecule has 0 aliphatic heterocycles. The number of nitrogens with two attached hydrogens (primary N) is 1. The van der Waals surface area contributed by atoms with Crippen LogP contribution in [0, 0.1) is 5.92 Å². The van der Waals surface area contributed by atoms with Gasteiger partial charge in [-0.15, -0.1) is 0 Å². The maximum absolute atomic E-state index is 13.3. The van der Waals surface area contributed by atoms with E-state index in [1.54, 1.807) is 0 Å². The van der Waals surface area contributed by atoms with Crippen LogP contribution in [0.5, 0.6) is 0 Å². The molecule has 0 aliphatic carbocycles. The second-order valence-corrected chi connectivity index (χ2v) is 8.96. The van der Waals surface area contributed by atoms with Crippen molar-refractivity contribution in [2.45, 2.75) is 53.0 Å². The number of rotatable bonds is 10. The molecule has 1 heterocycles. The molecule has 7 nitrogen and oxygen atoms in total. The minimum atomic E-state index is -0.642. The third-order valence-corrected chi connectivity index (χ3v) is 5.96. The molecular weight excluding hydrogens is 428 g/mol. The minimum Gasteiger partial charge on any atom is -0.383 e. The summed E-state index contributed by atoms with van der Waals surface area (Å²) in [5, 5.41) is 0. The molecule has 0 saturated heterocycles. The van der Waals surface area contributed by atoms with Crippen LogP contribution in [0.1, 0.15) is 50.3 Å². The maximum Gasteiger partial charge on any atom is 0.330 e. The Hall–Kier alpha value is -3.61. The number of aromatic nitrogens is 2. The van der Waals surface area contributed by atoms with E-state index in [1.165, 1.54) is 15.0 Å². The lowest BCUT2D eigenvalue weighted by Crippen LogP contribution is -2.42. The molecule has 2 aromatic carbocycles. The number of carbonyl (C=O) groups excluding carboxylic acids is 1. The largest absolute Gasteiger partial charge is 0.383 e. The first-order chi connectivity index (χ1) is 16.3. The summed E-state index contributed by atoms with van der Waals surface area (Å²) in [6.45, 7) is 6.77. The van der Waals surface area contributed by atoms with Crippen LogP contribution >= 0.6 is 0 Å². The average Bonchev–Trinajstić information content (AvgIpc) is 2.83. The number of H-pyrrole nitrogens is 1. The molecule has 7 heteroatoms. The SMILES string of the molecule is CCc1ccc(CCC(=O)N(CCC(C)C)c2c(N)n(Cc3ccccc3)c(=O)[nH]c2=O)cc1. The molecule has 3 rings (SSSR count). The number of aryl methyl sites for hydroxylation is 2. The third kappa shape index (κ3) is 6.25. The van der Waals surface area contributed by atoms with Crippen molar-refractivity contribution in [1.82, 2.24) is 9.55 Å². The summed E-state index contributed by atoms with van der Waals surface area (Å²) in [5.41, 5.74) is 8.34. The van der Waals surface area contributed by atoms with Gasteiger partial charge >= 0.3 is 5.69 Å². The van der Waals surface area contributed by atoms with Gasteiger partial charge in [-0.1, -0.05) is 75.4 Å². The Bertz CT molecular complexity index is 1210. The molecule has 0 fully saturated rings. The van der Waals surface area contributed by atoms with Crippen molar-refractivity contribution in [1.29, 1.82) is 0 Å². The fourth-order valence-electron chi connectivity index (χ4n) is 3.84. The van der Waals surface area contributed by atoms with E-state index in [9.17, 15) is 14.4 Å². The maximum atomic E-state index is 13.3. The van der Waals surface area contributed by atoms with Crippen molar-refractivity contribution in [2.75, 3.05) is 17.2 Å². The first kappa shape index (κ1) is 25.0. The molecule has 0 spiro atoms. The standard InChI is InChI=1S/C27H34N4O3/c1-4-20-10-12-21(13-11-20)14-15-23(32)30(17-16-19(2)3)24-25(28)31(27(34)29-26(24)33)18-22-8-6-5-7-9-22/h5-13,19H,4,14-18,28H2,1-3H3,(H,29,33,34). The molecule has 0 saturated carbocycles. The number of nitrogens with one attached hydrogen (secondary N) is 1. The van der Waals surface area contributed by atoms with Crippen LogP contribution < -0.4 is 21.9 Å². The minimum absolute atomic E-state index is 0.00186. The lowest BCUT2D eigenvalue weighted by Gasteiger charge is -2.25. The molecular formula is C27H34N4O3. The highest BCUT2D eigenvalue weighted by atomic mass is 16.2. The van der Waals surface area contributed by atoms with Gasteiger partial charge in [0, 0.05) is 13.0 Å². The fourth-order valence-corrected chi connectivity index (χ4v) is 3.84. The van der Waals surface area contributed by atoms with Crippen molar-refractivity contribution in [3.05, 3.63) is 92.1 Å². The van der Waals surface area contributed by atoms with Crippen LogP contribution in [0.2, 0.25) is 0 Å². The summed E-state index contributed by atoms with van der Waals surface area (Å²) >= 11 is 0. The van der Waals surface area contributed by atoms with Gasteiger partial charge < -0.3 is 10.6 Å². The van der Waals surface area contributed by atoms with E-state index < -0.39 is 11.2 Å². The van der Waals surface area contributed by atoms with Gasteiger partial charge in [-0.05, 0) is 41.9 Å². The van der Waals surface area contributed by atoms with Crippen molar-refractivity contribution in [3.63, 3.8) is 0 Å². The molecule has 0 bridgehead atoms. The predicted molar refractivity (Wildman–Crippen MR) is 137 cm³/mol. The van der Waals surface area contributed by atoms with Gasteiger partial charge in [0.05, 0.1) is 6.54 Å². The molecule has 1 aromatic heterocycles. The number of benzene rings is 2. The van der Waals surface area contributed by atoms with E-state index in [2.05, 4.69) is 37.9 Å². The van der Waals surface area contributed by atoms with Crippen molar-refractivity contribution in [3.8, 4) is 0 Å². The van der Waals surface area contributed by atoms with Crippen LogP contribution in [0.15, 0.2) is 64.2 Å². The topological polar surface area (TPSA) is 101 Å². The number of nitrogen functional groups attached to an aromatic ring is 1. The quantitative estimate of drug-likeness (QED) is 0.479. The monoisotopic (exact) mass is 462 g/mol. The van der Waals surface area contributed by atoms with Gasteiger partial charge in [0.1, 0.15) is 5.82 Å². The molecule has 3 N–H and O–H groups in total. The smallest absolute Gasteiger partial charge is 0.330 e. The molecule has 1 amide bonds.